The quantitative estimate of drug-likeness (QED) is 0.593. The molecule has 0 saturated carbocycles. The Labute approximate surface area is 118 Å². The summed E-state index contributed by atoms with van der Waals surface area (Å²) in [7, 11) is -2.15. The Morgan fingerprint density at radius 1 is 1.00 bits per heavy atom. The SMILES string of the molecule is CCCCCCCC(C#N)(CCCC)S(=O)(=O)NC. The fraction of sp³-hybridized carbons (Fsp3) is 0.929. The van der Waals surface area contributed by atoms with Crippen LogP contribution in [0.3, 0.4) is 0 Å². The molecule has 1 N–H and O–H groups in total. The van der Waals surface area contributed by atoms with Gasteiger partial charge in [-0.3, -0.25) is 0 Å². The van der Waals surface area contributed by atoms with Crippen LogP contribution in [0.25, 0.3) is 0 Å². The first-order chi connectivity index (χ1) is 8.99. The minimum absolute atomic E-state index is 0.428. The number of hydrogen-bond acceptors (Lipinski definition) is 3. The molecular weight excluding hydrogens is 260 g/mol. The molecule has 0 aromatic rings. The molecule has 0 amide bonds. The predicted octanol–water partition coefficient (Wildman–Crippen LogP) is 3.35. The number of rotatable bonds is 11. The molecule has 0 aliphatic rings. The summed E-state index contributed by atoms with van der Waals surface area (Å²) in [5.74, 6) is 0. The first kappa shape index (κ1) is 18.4. The van der Waals surface area contributed by atoms with Gasteiger partial charge in [0.05, 0.1) is 6.07 Å². The minimum Gasteiger partial charge on any atom is -0.217 e. The lowest BCUT2D eigenvalue weighted by atomic mass is 9.95. The molecule has 0 aromatic carbocycles. The fourth-order valence-electron chi connectivity index (χ4n) is 2.24. The van der Waals surface area contributed by atoms with Crippen LogP contribution in [0.4, 0.5) is 0 Å². The number of nitriles is 1. The molecule has 5 heteroatoms. The van der Waals surface area contributed by atoms with Gasteiger partial charge in [-0.1, -0.05) is 58.8 Å². The van der Waals surface area contributed by atoms with Crippen LogP contribution in [0, 0.1) is 11.3 Å². The van der Waals surface area contributed by atoms with E-state index < -0.39 is 14.8 Å². The van der Waals surface area contributed by atoms with E-state index in [1.807, 2.05) is 6.92 Å². The highest BCUT2D eigenvalue weighted by molar-refractivity contribution is 7.91. The molecule has 0 bridgehead atoms. The van der Waals surface area contributed by atoms with Crippen LogP contribution >= 0.6 is 0 Å². The van der Waals surface area contributed by atoms with E-state index in [-0.39, 0.29) is 0 Å². The number of nitrogens with zero attached hydrogens (tertiary/aromatic N) is 1. The second-order valence-corrected chi connectivity index (χ2v) is 7.28. The van der Waals surface area contributed by atoms with E-state index in [1.54, 1.807) is 0 Å². The Morgan fingerprint density at radius 3 is 2.00 bits per heavy atom. The van der Waals surface area contributed by atoms with E-state index in [4.69, 9.17) is 0 Å². The number of unbranched alkanes of at least 4 members (excludes halogenated alkanes) is 5. The van der Waals surface area contributed by atoms with E-state index in [1.165, 1.54) is 13.5 Å². The van der Waals surface area contributed by atoms with Crippen molar-refractivity contribution in [2.24, 2.45) is 0 Å². The summed E-state index contributed by atoms with van der Waals surface area (Å²) < 4.78 is 25.4. The average molecular weight is 288 g/mol. The largest absolute Gasteiger partial charge is 0.230 e. The summed E-state index contributed by atoms with van der Waals surface area (Å²) in [6, 6.07) is 2.08. The van der Waals surface area contributed by atoms with Gasteiger partial charge in [-0.05, 0) is 19.9 Å². The Morgan fingerprint density at radius 2 is 1.53 bits per heavy atom. The molecule has 0 rings (SSSR count). The number of nitrogens with one attached hydrogen (secondary N) is 1. The molecule has 0 saturated heterocycles. The Balaban J connectivity index is 4.71. The zero-order valence-electron chi connectivity index (χ0n) is 12.5. The molecule has 19 heavy (non-hydrogen) atoms. The van der Waals surface area contributed by atoms with E-state index in [0.717, 1.165) is 38.5 Å². The average Bonchev–Trinajstić information content (AvgIpc) is 2.42. The van der Waals surface area contributed by atoms with E-state index in [2.05, 4.69) is 17.7 Å². The Kier molecular flexibility index (Phi) is 9.03. The third-order valence-corrected chi connectivity index (χ3v) is 5.67. The first-order valence-electron chi connectivity index (χ1n) is 7.34. The van der Waals surface area contributed by atoms with Gasteiger partial charge < -0.3 is 0 Å². The molecule has 1 atom stereocenters. The third-order valence-electron chi connectivity index (χ3n) is 3.61. The number of sulfonamides is 1. The maximum absolute atomic E-state index is 12.1. The van der Waals surface area contributed by atoms with Gasteiger partial charge >= 0.3 is 0 Å². The summed E-state index contributed by atoms with van der Waals surface area (Å²) in [5, 5.41) is 9.40. The molecule has 0 fully saturated rings. The summed E-state index contributed by atoms with van der Waals surface area (Å²) in [5.41, 5.74) is 0. The van der Waals surface area contributed by atoms with E-state index in [9.17, 15) is 13.7 Å². The fourth-order valence-corrected chi connectivity index (χ4v) is 3.57. The van der Waals surface area contributed by atoms with Crippen molar-refractivity contribution in [2.45, 2.75) is 76.4 Å². The lowest BCUT2D eigenvalue weighted by Crippen LogP contribution is -2.44. The van der Waals surface area contributed by atoms with Crippen LogP contribution in [0.15, 0.2) is 0 Å². The lowest BCUT2D eigenvalue weighted by molar-refractivity contribution is 0.474. The smallest absolute Gasteiger partial charge is 0.217 e. The van der Waals surface area contributed by atoms with Crippen molar-refractivity contribution >= 4 is 10.0 Å². The molecule has 0 aromatic heterocycles. The molecule has 0 radical (unpaired) electrons. The summed E-state index contributed by atoms with van der Waals surface area (Å²) in [6.07, 6.45) is 7.79. The summed E-state index contributed by atoms with van der Waals surface area (Å²) in [6.45, 7) is 4.15. The molecular formula is C14H28N2O2S. The predicted molar refractivity (Wildman–Crippen MR) is 79.2 cm³/mol. The van der Waals surface area contributed by atoms with Crippen LogP contribution in [-0.2, 0) is 10.0 Å². The van der Waals surface area contributed by atoms with Crippen LogP contribution < -0.4 is 4.72 Å². The van der Waals surface area contributed by atoms with E-state index in [0.29, 0.717) is 12.8 Å². The third kappa shape index (κ3) is 5.50. The van der Waals surface area contributed by atoms with E-state index >= 15 is 0 Å². The Bertz CT molecular complexity index is 373. The molecule has 1 unspecified atom stereocenters. The summed E-state index contributed by atoms with van der Waals surface area (Å²) >= 11 is 0. The molecule has 0 spiro atoms. The van der Waals surface area contributed by atoms with Crippen molar-refractivity contribution in [1.29, 1.82) is 5.26 Å². The maximum atomic E-state index is 12.1. The van der Waals surface area contributed by atoms with Gasteiger partial charge in [0.1, 0.15) is 0 Å². The normalized spacial score (nSPS) is 14.8. The van der Waals surface area contributed by atoms with Crippen LogP contribution in [0.2, 0.25) is 0 Å². The minimum atomic E-state index is -3.55. The van der Waals surface area contributed by atoms with Crippen LogP contribution in [0.1, 0.15) is 71.6 Å². The number of hydrogen-bond donors (Lipinski definition) is 1. The zero-order valence-corrected chi connectivity index (χ0v) is 13.4. The molecule has 0 aliphatic carbocycles. The molecule has 0 heterocycles. The highest BCUT2D eigenvalue weighted by Gasteiger charge is 2.42. The van der Waals surface area contributed by atoms with Gasteiger partial charge in [0, 0.05) is 0 Å². The van der Waals surface area contributed by atoms with Crippen LogP contribution in [0.5, 0.6) is 0 Å². The second-order valence-electron chi connectivity index (χ2n) is 5.08. The van der Waals surface area contributed by atoms with Gasteiger partial charge in [-0.2, -0.15) is 5.26 Å². The van der Waals surface area contributed by atoms with Crippen LogP contribution in [-0.4, -0.2) is 20.2 Å². The molecule has 112 valence electrons. The highest BCUT2D eigenvalue weighted by atomic mass is 32.2. The molecule has 4 nitrogen and oxygen atoms in total. The van der Waals surface area contributed by atoms with Gasteiger partial charge in [0.25, 0.3) is 0 Å². The van der Waals surface area contributed by atoms with Crippen molar-refractivity contribution in [3.05, 3.63) is 0 Å². The monoisotopic (exact) mass is 288 g/mol. The molecule has 0 aliphatic heterocycles. The van der Waals surface area contributed by atoms with Crippen molar-refractivity contribution in [3.8, 4) is 6.07 Å². The van der Waals surface area contributed by atoms with Crippen molar-refractivity contribution in [2.75, 3.05) is 7.05 Å². The zero-order chi connectivity index (χ0) is 14.8. The first-order valence-corrected chi connectivity index (χ1v) is 8.82. The highest BCUT2D eigenvalue weighted by Crippen LogP contribution is 2.29. The topological polar surface area (TPSA) is 70.0 Å². The van der Waals surface area contributed by atoms with Crippen molar-refractivity contribution in [3.63, 3.8) is 0 Å². The van der Waals surface area contributed by atoms with Gasteiger partial charge in [-0.25, -0.2) is 13.1 Å². The second kappa shape index (κ2) is 9.33. The van der Waals surface area contributed by atoms with Gasteiger partial charge in [-0.15, -0.1) is 0 Å². The maximum Gasteiger partial charge on any atom is 0.230 e. The Hall–Kier alpha value is -0.600. The van der Waals surface area contributed by atoms with Crippen molar-refractivity contribution < 1.29 is 8.42 Å². The van der Waals surface area contributed by atoms with Gasteiger partial charge in [0.2, 0.25) is 10.0 Å². The van der Waals surface area contributed by atoms with Gasteiger partial charge in [0.15, 0.2) is 4.75 Å². The van der Waals surface area contributed by atoms with Crippen molar-refractivity contribution in [1.82, 2.24) is 4.72 Å². The lowest BCUT2D eigenvalue weighted by Gasteiger charge is -2.25. The standard InChI is InChI=1S/C14H28N2O2S/c1-4-6-8-9-10-12-14(13-15,11-7-5-2)19(17,18)16-3/h16H,4-12H2,1-3H3. The summed E-state index contributed by atoms with van der Waals surface area (Å²) in [4.78, 5) is 0.